The van der Waals surface area contributed by atoms with E-state index in [9.17, 15) is 5.11 Å². The molecule has 0 bridgehead atoms. The van der Waals surface area contributed by atoms with Crippen LogP contribution in [-0.4, -0.2) is 10.7 Å². The van der Waals surface area contributed by atoms with Crippen molar-refractivity contribution in [2.75, 3.05) is 0 Å². The zero-order valence-electron chi connectivity index (χ0n) is 12.2. The second-order valence-electron chi connectivity index (χ2n) is 7.04. The third-order valence-electron chi connectivity index (χ3n) is 5.82. The van der Waals surface area contributed by atoms with Crippen LogP contribution in [0, 0.1) is 22.7 Å². The second-order valence-corrected chi connectivity index (χ2v) is 7.04. The zero-order valence-corrected chi connectivity index (χ0v) is 12.2. The van der Waals surface area contributed by atoms with Crippen molar-refractivity contribution in [3.8, 4) is 0 Å². The van der Waals surface area contributed by atoms with E-state index in [1.807, 2.05) is 6.92 Å². The molecule has 0 radical (unpaired) electrons. The Morgan fingerprint density at radius 2 is 1.75 bits per heavy atom. The largest absolute Gasteiger partial charge is 0.390 e. The van der Waals surface area contributed by atoms with Crippen LogP contribution in [0.3, 0.4) is 0 Å². The molecule has 0 heterocycles. The molecule has 1 nitrogen and oxygen atoms in total. The fourth-order valence-electron chi connectivity index (χ4n) is 3.23. The first-order chi connectivity index (χ1) is 7.12. The molecule has 1 aliphatic carbocycles. The first-order valence-electron chi connectivity index (χ1n) is 6.84. The third kappa shape index (κ3) is 2.16. The number of rotatable bonds is 5. The van der Waals surface area contributed by atoms with Gasteiger partial charge in [0, 0.05) is 0 Å². The van der Waals surface area contributed by atoms with Crippen molar-refractivity contribution >= 4 is 0 Å². The molecule has 1 aliphatic rings. The summed E-state index contributed by atoms with van der Waals surface area (Å²) >= 11 is 0. The highest BCUT2D eigenvalue weighted by Gasteiger charge is 2.62. The van der Waals surface area contributed by atoms with Crippen LogP contribution < -0.4 is 0 Å². The van der Waals surface area contributed by atoms with Gasteiger partial charge in [0.2, 0.25) is 0 Å². The van der Waals surface area contributed by atoms with Crippen LogP contribution >= 0.6 is 0 Å². The molecular weight excluding hydrogens is 196 g/mol. The van der Waals surface area contributed by atoms with Gasteiger partial charge in [-0.15, -0.1) is 0 Å². The number of aliphatic hydroxyl groups is 1. The van der Waals surface area contributed by atoms with Crippen LogP contribution in [0.15, 0.2) is 0 Å². The molecule has 1 saturated carbocycles. The molecule has 1 heteroatoms. The topological polar surface area (TPSA) is 20.2 Å². The molecule has 0 aromatic heterocycles. The summed E-state index contributed by atoms with van der Waals surface area (Å²) < 4.78 is 0. The van der Waals surface area contributed by atoms with Crippen molar-refractivity contribution in [1.82, 2.24) is 0 Å². The lowest BCUT2D eigenvalue weighted by molar-refractivity contribution is 0.00286. The normalized spacial score (nSPS) is 35.6. The summed E-state index contributed by atoms with van der Waals surface area (Å²) in [6.45, 7) is 15.8. The zero-order chi connectivity index (χ0) is 12.8. The van der Waals surface area contributed by atoms with Crippen molar-refractivity contribution < 1.29 is 5.11 Å². The highest BCUT2D eigenvalue weighted by atomic mass is 16.3. The monoisotopic (exact) mass is 226 g/mol. The van der Waals surface area contributed by atoms with E-state index in [0.29, 0.717) is 22.7 Å². The van der Waals surface area contributed by atoms with E-state index < -0.39 is 5.60 Å². The fourth-order valence-corrected chi connectivity index (χ4v) is 3.23. The van der Waals surface area contributed by atoms with Gasteiger partial charge in [0.1, 0.15) is 0 Å². The van der Waals surface area contributed by atoms with Crippen LogP contribution in [0.1, 0.15) is 67.7 Å². The van der Waals surface area contributed by atoms with Gasteiger partial charge in [0.05, 0.1) is 5.60 Å². The van der Waals surface area contributed by atoms with Crippen molar-refractivity contribution in [3.05, 3.63) is 0 Å². The van der Waals surface area contributed by atoms with Gasteiger partial charge in [-0.1, -0.05) is 48.0 Å². The van der Waals surface area contributed by atoms with Gasteiger partial charge >= 0.3 is 0 Å². The molecule has 16 heavy (non-hydrogen) atoms. The maximum atomic E-state index is 10.4. The molecule has 0 aliphatic heterocycles. The molecule has 1 N–H and O–H groups in total. The molecule has 0 amide bonds. The third-order valence-corrected chi connectivity index (χ3v) is 5.82. The van der Waals surface area contributed by atoms with E-state index in [-0.39, 0.29) is 0 Å². The van der Waals surface area contributed by atoms with Gasteiger partial charge < -0.3 is 5.11 Å². The minimum Gasteiger partial charge on any atom is -0.390 e. The van der Waals surface area contributed by atoms with Crippen LogP contribution in [0.2, 0.25) is 0 Å². The van der Waals surface area contributed by atoms with Gasteiger partial charge in [0.15, 0.2) is 0 Å². The highest BCUT2D eigenvalue weighted by molar-refractivity contribution is 5.11. The number of hydrogen-bond donors (Lipinski definition) is 1. The Kier molecular flexibility index (Phi) is 3.52. The van der Waals surface area contributed by atoms with E-state index >= 15 is 0 Å². The number of hydrogen-bond acceptors (Lipinski definition) is 1. The molecule has 0 aromatic rings. The smallest absolute Gasteiger partial charge is 0.0650 e. The van der Waals surface area contributed by atoms with Crippen LogP contribution in [0.25, 0.3) is 0 Å². The Balaban J connectivity index is 2.78. The average Bonchev–Trinajstić information content (AvgIpc) is 2.92. The van der Waals surface area contributed by atoms with E-state index in [1.165, 1.54) is 12.8 Å². The van der Waals surface area contributed by atoms with E-state index in [1.54, 1.807) is 0 Å². The SMILES string of the molecule is CCC(C)(C)C(C)C1(C)CC1C(C)(O)CC. The molecular formula is C15H30O. The highest BCUT2D eigenvalue weighted by Crippen LogP contribution is 2.66. The van der Waals surface area contributed by atoms with Crippen molar-refractivity contribution in [2.45, 2.75) is 73.3 Å². The standard InChI is InChI=1S/C15H30O/c1-8-13(4,5)11(3)14(6)10-12(14)15(7,16)9-2/h11-12,16H,8-10H2,1-7H3. The summed E-state index contributed by atoms with van der Waals surface area (Å²) in [6.07, 6.45) is 3.27. The van der Waals surface area contributed by atoms with E-state index in [4.69, 9.17) is 0 Å². The predicted octanol–water partition coefficient (Wildman–Crippen LogP) is 4.25. The molecule has 1 fully saturated rings. The lowest BCUT2D eigenvalue weighted by atomic mass is 9.68. The summed E-state index contributed by atoms with van der Waals surface area (Å²) in [5, 5.41) is 10.4. The van der Waals surface area contributed by atoms with Crippen LogP contribution in [0.5, 0.6) is 0 Å². The Bertz CT molecular complexity index is 254. The minimum atomic E-state index is -0.465. The van der Waals surface area contributed by atoms with Crippen molar-refractivity contribution in [2.24, 2.45) is 22.7 Å². The summed E-state index contributed by atoms with van der Waals surface area (Å²) in [4.78, 5) is 0. The Morgan fingerprint density at radius 3 is 2.12 bits per heavy atom. The molecule has 1 rings (SSSR count). The van der Waals surface area contributed by atoms with Crippen molar-refractivity contribution in [1.29, 1.82) is 0 Å². The summed E-state index contributed by atoms with van der Waals surface area (Å²) in [5.74, 6) is 1.17. The maximum Gasteiger partial charge on any atom is 0.0650 e. The quantitative estimate of drug-likeness (QED) is 0.743. The van der Waals surface area contributed by atoms with Crippen LogP contribution in [0.4, 0.5) is 0 Å². The van der Waals surface area contributed by atoms with E-state index in [2.05, 4.69) is 41.5 Å². The Labute approximate surface area is 102 Å². The summed E-state index contributed by atoms with van der Waals surface area (Å²) in [6, 6.07) is 0. The van der Waals surface area contributed by atoms with E-state index in [0.717, 1.165) is 6.42 Å². The Morgan fingerprint density at radius 1 is 1.25 bits per heavy atom. The first kappa shape index (κ1) is 14.0. The predicted molar refractivity (Wildman–Crippen MR) is 70.4 cm³/mol. The summed E-state index contributed by atoms with van der Waals surface area (Å²) in [5.41, 5.74) is 0.263. The molecule has 96 valence electrons. The molecule has 4 atom stereocenters. The Hall–Kier alpha value is -0.0400. The lowest BCUT2D eigenvalue weighted by Crippen LogP contribution is -2.34. The fraction of sp³-hybridized carbons (Fsp3) is 1.00. The summed E-state index contributed by atoms with van der Waals surface area (Å²) in [7, 11) is 0. The van der Waals surface area contributed by atoms with Crippen molar-refractivity contribution in [3.63, 3.8) is 0 Å². The molecule has 0 aromatic carbocycles. The maximum absolute atomic E-state index is 10.4. The average molecular weight is 226 g/mol. The first-order valence-corrected chi connectivity index (χ1v) is 6.84. The second kappa shape index (κ2) is 4.01. The lowest BCUT2D eigenvalue weighted by Gasteiger charge is -2.38. The van der Waals surface area contributed by atoms with Crippen LogP contribution in [-0.2, 0) is 0 Å². The van der Waals surface area contributed by atoms with Gasteiger partial charge in [-0.2, -0.15) is 0 Å². The molecule has 0 saturated heterocycles. The van der Waals surface area contributed by atoms with Gasteiger partial charge in [-0.3, -0.25) is 0 Å². The minimum absolute atomic E-state index is 0.346. The van der Waals surface area contributed by atoms with Gasteiger partial charge in [-0.05, 0) is 42.4 Å². The van der Waals surface area contributed by atoms with Gasteiger partial charge in [-0.25, -0.2) is 0 Å². The van der Waals surface area contributed by atoms with Gasteiger partial charge in [0.25, 0.3) is 0 Å². The molecule has 0 spiro atoms. The molecule has 4 unspecified atom stereocenters.